The van der Waals surface area contributed by atoms with Crippen molar-refractivity contribution in [3.63, 3.8) is 0 Å². The van der Waals surface area contributed by atoms with Crippen LogP contribution >= 0.6 is 0 Å². The van der Waals surface area contributed by atoms with Crippen molar-refractivity contribution in [2.24, 2.45) is 0 Å². The average molecular weight is 325 g/mol. The Labute approximate surface area is 132 Å². The lowest BCUT2D eigenvalue weighted by Gasteiger charge is -2.24. The first-order chi connectivity index (χ1) is 10.4. The largest absolute Gasteiger partial charge is 0.497 e. The van der Waals surface area contributed by atoms with Gasteiger partial charge in [-0.3, -0.25) is 4.79 Å². The number of methoxy groups -OCH3 is 1. The van der Waals surface area contributed by atoms with Gasteiger partial charge in [-0.05, 0) is 44.0 Å². The van der Waals surface area contributed by atoms with Gasteiger partial charge in [0.2, 0.25) is 5.91 Å². The summed E-state index contributed by atoms with van der Waals surface area (Å²) in [6.07, 6.45) is 5.23. The number of ether oxygens (including phenoxy) is 1. The average Bonchev–Trinajstić information content (AvgIpc) is 2.55. The maximum absolute atomic E-state index is 12.5. The van der Waals surface area contributed by atoms with Crippen molar-refractivity contribution >= 4 is 15.7 Å². The highest BCUT2D eigenvalue weighted by Gasteiger charge is 2.31. The van der Waals surface area contributed by atoms with Gasteiger partial charge in [0.05, 0.1) is 12.0 Å². The number of amides is 1. The lowest BCUT2D eigenvalue weighted by atomic mass is 9.95. The molecule has 1 aliphatic rings. The smallest absolute Gasteiger partial charge is 0.238 e. The molecule has 1 saturated carbocycles. The summed E-state index contributed by atoms with van der Waals surface area (Å²) in [5.41, 5.74) is 0. The second-order valence-electron chi connectivity index (χ2n) is 5.71. The van der Waals surface area contributed by atoms with Crippen LogP contribution in [0.5, 0.6) is 5.75 Å². The quantitative estimate of drug-likeness (QED) is 0.901. The fraction of sp³-hybridized carbons (Fsp3) is 0.562. The molecule has 1 atom stereocenters. The minimum Gasteiger partial charge on any atom is -0.497 e. The molecule has 0 saturated heterocycles. The van der Waals surface area contributed by atoms with Crippen molar-refractivity contribution in [3.8, 4) is 5.75 Å². The van der Waals surface area contributed by atoms with Crippen molar-refractivity contribution in [2.45, 2.75) is 55.2 Å². The minimum absolute atomic E-state index is 0.106. The second-order valence-corrected chi connectivity index (χ2v) is 7.97. The number of sulfone groups is 1. The van der Waals surface area contributed by atoms with Gasteiger partial charge in [0, 0.05) is 6.04 Å². The van der Waals surface area contributed by atoms with Gasteiger partial charge in [-0.1, -0.05) is 19.3 Å². The van der Waals surface area contributed by atoms with Crippen LogP contribution in [0.2, 0.25) is 0 Å². The predicted molar refractivity (Wildman–Crippen MR) is 84.7 cm³/mol. The van der Waals surface area contributed by atoms with E-state index in [1.54, 1.807) is 12.1 Å². The molecule has 1 amide bonds. The Morgan fingerprint density at radius 2 is 1.77 bits per heavy atom. The van der Waals surface area contributed by atoms with E-state index in [4.69, 9.17) is 4.74 Å². The topological polar surface area (TPSA) is 72.5 Å². The SMILES string of the molecule is COc1ccc(S(=O)(=O)C(C)C(=O)NC2CCCCC2)cc1. The molecule has 6 heteroatoms. The Bertz CT molecular complexity index is 604. The van der Waals surface area contributed by atoms with Crippen LogP contribution in [0.1, 0.15) is 39.0 Å². The Morgan fingerprint density at radius 3 is 2.32 bits per heavy atom. The third-order valence-electron chi connectivity index (χ3n) is 4.17. The van der Waals surface area contributed by atoms with E-state index in [-0.39, 0.29) is 10.9 Å². The van der Waals surface area contributed by atoms with Crippen LogP contribution in [0.4, 0.5) is 0 Å². The van der Waals surface area contributed by atoms with Crippen LogP contribution in [0.25, 0.3) is 0 Å². The van der Waals surface area contributed by atoms with Crippen molar-refractivity contribution in [1.82, 2.24) is 5.32 Å². The molecule has 1 aromatic carbocycles. The Kier molecular flexibility index (Phi) is 5.45. The fourth-order valence-electron chi connectivity index (χ4n) is 2.68. The van der Waals surface area contributed by atoms with Gasteiger partial charge in [0.25, 0.3) is 0 Å². The number of rotatable bonds is 5. The van der Waals surface area contributed by atoms with E-state index in [1.807, 2.05) is 0 Å². The summed E-state index contributed by atoms with van der Waals surface area (Å²) in [5.74, 6) is 0.168. The van der Waals surface area contributed by atoms with Gasteiger partial charge < -0.3 is 10.1 Å². The molecule has 1 fully saturated rings. The Morgan fingerprint density at radius 1 is 1.18 bits per heavy atom. The highest BCUT2D eigenvalue weighted by molar-refractivity contribution is 7.92. The van der Waals surface area contributed by atoms with E-state index >= 15 is 0 Å². The highest BCUT2D eigenvalue weighted by Crippen LogP contribution is 2.21. The number of nitrogens with one attached hydrogen (secondary N) is 1. The lowest BCUT2D eigenvalue weighted by molar-refractivity contribution is -0.121. The molecule has 1 aromatic rings. The summed E-state index contributed by atoms with van der Waals surface area (Å²) < 4.78 is 30.0. The van der Waals surface area contributed by atoms with E-state index in [1.165, 1.54) is 32.6 Å². The number of benzene rings is 1. The molecule has 5 nitrogen and oxygen atoms in total. The van der Waals surface area contributed by atoms with Gasteiger partial charge in [-0.15, -0.1) is 0 Å². The van der Waals surface area contributed by atoms with E-state index in [9.17, 15) is 13.2 Å². The van der Waals surface area contributed by atoms with Crippen LogP contribution < -0.4 is 10.1 Å². The summed E-state index contributed by atoms with van der Waals surface area (Å²) in [6.45, 7) is 1.44. The van der Waals surface area contributed by atoms with Crippen LogP contribution in [0.15, 0.2) is 29.2 Å². The molecule has 0 aliphatic heterocycles. The Hall–Kier alpha value is -1.56. The number of carbonyl (C=O) groups is 1. The van der Waals surface area contributed by atoms with Crippen LogP contribution in [-0.4, -0.2) is 32.7 Å². The van der Waals surface area contributed by atoms with Gasteiger partial charge in [0.15, 0.2) is 9.84 Å². The van der Waals surface area contributed by atoms with Crippen molar-refractivity contribution in [1.29, 1.82) is 0 Å². The molecule has 0 radical (unpaired) electrons. The molecule has 122 valence electrons. The van der Waals surface area contributed by atoms with E-state index in [0.717, 1.165) is 25.7 Å². The van der Waals surface area contributed by atoms with E-state index in [0.29, 0.717) is 5.75 Å². The van der Waals surface area contributed by atoms with Crippen LogP contribution in [0.3, 0.4) is 0 Å². The Balaban J connectivity index is 2.07. The molecule has 1 aliphatic carbocycles. The standard InChI is InChI=1S/C16H23NO4S/c1-12(16(18)17-13-6-4-3-5-7-13)22(19,20)15-10-8-14(21-2)9-11-15/h8-13H,3-7H2,1-2H3,(H,17,18). The summed E-state index contributed by atoms with van der Waals surface area (Å²) in [4.78, 5) is 12.4. The second kappa shape index (κ2) is 7.13. The number of hydrogen-bond acceptors (Lipinski definition) is 4. The molecular formula is C16H23NO4S. The van der Waals surface area contributed by atoms with E-state index < -0.39 is 21.0 Å². The van der Waals surface area contributed by atoms with Gasteiger partial charge >= 0.3 is 0 Å². The predicted octanol–water partition coefficient (Wildman–Crippen LogP) is 2.31. The van der Waals surface area contributed by atoms with Crippen LogP contribution in [0, 0.1) is 0 Å². The van der Waals surface area contributed by atoms with Crippen molar-refractivity contribution in [2.75, 3.05) is 7.11 Å². The van der Waals surface area contributed by atoms with Crippen LogP contribution in [-0.2, 0) is 14.6 Å². The lowest BCUT2D eigenvalue weighted by Crippen LogP contribution is -2.44. The van der Waals surface area contributed by atoms with E-state index in [2.05, 4.69) is 5.32 Å². The normalized spacial score (nSPS) is 17.7. The summed E-state index contributed by atoms with van der Waals surface area (Å²) in [7, 11) is -2.16. The molecule has 1 N–H and O–H groups in total. The zero-order valence-electron chi connectivity index (χ0n) is 13.0. The maximum atomic E-state index is 12.5. The molecule has 2 rings (SSSR count). The molecule has 22 heavy (non-hydrogen) atoms. The van der Waals surface area contributed by atoms with Crippen molar-refractivity contribution in [3.05, 3.63) is 24.3 Å². The third-order valence-corrected chi connectivity index (χ3v) is 6.25. The minimum atomic E-state index is -3.68. The molecule has 0 aromatic heterocycles. The zero-order valence-corrected chi connectivity index (χ0v) is 13.9. The number of hydrogen-bond donors (Lipinski definition) is 1. The van der Waals surface area contributed by atoms with Gasteiger partial charge in [-0.25, -0.2) is 8.42 Å². The molecule has 1 unspecified atom stereocenters. The molecule has 0 bridgehead atoms. The first kappa shape index (κ1) is 16.8. The fourth-order valence-corrected chi connectivity index (χ4v) is 3.95. The maximum Gasteiger partial charge on any atom is 0.238 e. The molecular weight excluding hydrogens is 302 g/mol. The van der Waals surface area contributed by atoms with Crippen molar-refractivity contribution < 1.29 is 17.9 Å². The first-order valence-corrected chi connectivity index (χ1v) is 9.18. The zero-order chi connectivity index (χ0) is 16.2. The summed E-state index contributed by atoms with van der Waals surface area (Å²) in [6, 6.07) is 6.21. The molecule has 0 spiro atoms. The van der Waals surface area contributed by atoms with Gasteiger partial charge in [0.1, 0.15) is 11.0 Å². The monoisotopic (exact) mass is 325 g/mol. The third kappa shape index (κ3) is 3.80. The molecule has 0 heterocycles. The number of carbonyl (C=O) groups excluding carboxylic acids is 1. The van der Waals surface area contributed by atoms with Gasteiger partial charge in [-0.2, -0.15) is 0 Å². The first-order valence-electron chi connectivity index (χ1n) is 7.63. The highest BCUT2D eigenvalue weighted by atomic mass is 32.2. The summed E-state index contributed by atoms with van der Waals surface area (Å²) >= 11 is 0. The summed E-state index contributed by atoms with van der Waals surface area (Å²) in [5, 5.41) is 1.78.